The zero-order valence-corrected chi connectivity index (χ0v) is 15.3. The minimum absolute atomic E-state index is 0.0271. The van der Waals surface area contributed by atoms with Crippen molar-refractivity contribution in [3.05, 3.63) is 48.9 Å². The molecule has 6 nitrogen and oxygen atoms in total. The zero-order valence-electron chi connectivity index (χ0n) is 14.5. The highest BCUT2D eigenvalue weighted by atomic mass is 32.2. The van der Waals surface area contributed by atoms with Crippen LogP contribution in [0.25, 0.3) is 11.4 Å². The number of para-hydroxylation sites is 1. The van der Waals surface area contributed by atoms with E-state index in [1.54, 1.807) is 12.5 Å². The molecule has 0 spiro atoms. The van der Waals surface area contributed by atoms with Crippen molar-refractivity contribution in [2.45, 2.75) is 36.7 Å². The lowest BCUT2D eigenvalue weighted by atomic mass is 10.2. The molecule has 0 bridgehead atoms. The third kappa shape index (κ3) is 3.53. The number of thioether (sulfide) groups is 1. The topological polar surface area (TPSA) is 73.0 Å². The van der Waals surface area contributed by atoms with Gasteiger partial charge in [-0.25, -0.2) is 0 Å². The molecule has 1 N–H and O–H groups in total. The Morgan fingerprint density at radius 1 is 1.31 bits per heavy atom. The molecule has 1 atom stereocenters. The van der Waals surface area contributed by atoms with Gasteiger partial charge in [-0.2, -0.15) is 0 Å². The van der Waals surface area contributed by atoms with Crippen LogP contribution in [0.2, 0.25) is 0 Å². The van der Waals surface area contributed by atoms with Gasteiger partial charge < -0.3 is 14.3 Å². The number of furan rings is 1. The second-order valence-electron chi connectivity index (χ2n) is 6.29. The molecule has 3 aromatic rings. The second-order valence-corrected chi connectivity index (χ2v) is 7.40. The van der Waals surface area contributed by atoms with Gasteiger partial charge in [0.05, 0.1) is 17.1 Å². The molecule has 1 fully saturated rings. The van der Waals surface area contributed by atoms with Gasteiger partial charge in [0, 0.05) is 12.2 Å². The average molecular weight is 368 g/mol. The molecule has 1 unspecified atom stereocenters. The Hall–Kier alpha value is -2.54. The summed E-state index contributed by atoms with van der Waals surface area (Å²) in [5.41, 5.74) is 1.71. The molecule has 134 valence electrons. The van der Waals surface area contributed by atoms with E-state index in [1.165, 1.54) is 11.8 Å². The van der Waals surface area contributed by atoms with E-state index < -0.39 is 0 Å². The number of carbonyl (C=O) groups excluding carboxylic acids is 1. The number of carbonyl (C=O) groups is 1. The first kappa shape index (κ1) is 16.9. The maximum absolute atomic E-state index is 12.8. The van der Waals surface area contributed by atoms with Gasteiger partial charge in [0.1, 0.15) is 6.26 Å². The number of hydrogen-bond donors (Lipinski definition) is 1. The van der Waals surface area contributed by atoms with E-state index >= 15 is 0 Å². The van der Waals surface area contributed by atoms with Gasteiger partial charge in [-0.3, -0.25) is 4.79 Å². The molecular formula is C19H20N4O2S. The third-order valence-corrected chi connectivity index (χ3v) is 5.76. The molecule has 1 amide bonds. The first-order valence-electron chi connectivity index (χ1n) is 8.74. The second kappa shape index (κ2) is 7.37. The molecule has 0 saturated heterocycles. The molecule has 1 aliphatic rings. The monoisotopic (exact) mass is 368 g/mol. The van der Waals surface area contributed by atoms with Crippen LogP contribution in [0.15, 0.2) is 58.5 Å². The lowest BCUT2D eigenvalue weighted by Crippen LogP contribution is -2.27. The fraction of sp³-hybridized carbons (Fsp3) is 0.316. The largest absolute Gasteiger partial charge is 0.472 e. The highest BCUT2D eigenvalue weighted by Crippen LogP contribution is 2.42. The normalized spacial score (nSPS) is 15.0. The number of benzene rings is 1. The van der Waals surface area contributed by atoms with E-state index in [9.17, 15) is 4.79 Å². The molecule has 0 radical (unpaired) electrons. The Morgan fingerprint density at radius 2 is 2.12 bits per heavy atom. The Kier molecular flexibility index (Phi) is 4.79. The number of rotatable bonds is 7. The molecule has 0 aliphatic heterocycles. The van der Waals surface area contributed by atoms with Gasteiger partial charge in [0.2, 0.25) is 5.91 Å². The summed E-state index contributed by atoms with van der Waals surface area (Å²) in [5, 5.41) is 12.3. The van der Waals surface area contributed by atoms with Crippen LogP contribution in [0.3, 0.4) is 0 Å². The lowest BCUT2D eigenvalue weighted by molar-refractivity contribution is -0.116. The molecule has 4 rings (SSSR count). The van der Waals surface area contributed by atoms with E-state index in [1.807, 2.05) is 47.9 Å². The van der Waals surface area contributed by atoms with Crippen molar-refractivity contribution in [3.8, 4) is 11.4 Å². The van der Waals surface area contributed by atoms with Crippen LogP contribution in [0.5, 0.6) is 0 Å². The summed E-state index contributed by atoms with van der Waals surface area (Å²) in [6.45, 7) is 2.78. The minimum Gasteiger partial charge on any atom is -0.472 e. The van der Waals surface area contributed by atoms with Gasteiger partial charge in [-0.1, -0.05) is 30.0 Å². The Morgan fingerprint density at radius 3 is 2.77 bits per heavy atom. The number of hydrogen-bond acceptors (Lipinski definition) is 5. The number of nitrogens with zero attached hydrogens (tertiary/aromatic N) is 3. The fourth-order valence-corrected chi connectivity index (χ4v) is 4.17. The quantitative estimate of drug-likeness (QED) is 0.637. The van der Waals surface area contributed by atoms with Crippen LogP contribution in [0.4, 0.5) is 5.69 Å². The van der Waals surface area contributed by atoms with E-state index in [2.05, 4.69) is 15.5 Å². The van der Waals surface area contributed by atoms with Crippen molar-refractivity contribution in [3.63, 3.8) is 0 Å². The summed E-state index contributed by atoms with van der Waals surface area (Å²) in [7, 11) is 0. The van der Waals surface area contributed by atoms with Crippen LogP contribution in [0.1, 0.15) is 19.8 Å². The Bertz CT molecular complexity index is 872. The van der Waals surface area contributed by atoms with Crippen molar-refractivity contribution in [1.29, 1.82) is 0 Å². The Balaban J connectivity index is 1.55. The first-order valence-corrected chi connectivity index (χ1v) is 9.62. The van der Waals surface area contributed by atoms with Crippen molar-refractivity contribution in [1.82, 2.24) is 14.8 Å². The first-order chi connectivity index (χ1) is 12.8. The van der Waals surface area contributed by atoms with Crippen LogP contribution >= 0.6 is 11.8 Å². The van der Waals surface area contributed by atoms with Crippen molar-refractivity contribution in [2.75, 3.05) is 5.32 Å². The van der Waals surface area contributed by atoms with E-state index in [4.69, 9.17) is 4.42 Å². The van der Waals surface area contributed by atoms with Crippen molar-refractivity contribution < 1.29 is 9.21 Å². The van der Waals surface area contributed by atoms with E-state index in [-0.39, 0.29) is 11.2 Å². The van der Waals surface area contributed by atoms with Gasteiger partial charge in [-0.05, 0) is 43.9 Å². The third-order valence-electron chi connectivity index (χ3n) is 4.39. The molecule has 2 heterocycles. The average Bonchev–Trinajstić information content (AvgIpc) is 3.19. The smallest absolute Gasteiger partial charge is 0.238 e. The van der Waals surface area contributed by atoms with E-state index in [0.717, 1.165) is 41.6 Å². The molecule has 7 heteroatoms. The van der Waals surface area contributed by atoms with Gasteiger partial charge in [0.15, 0.2) is 11.0 Å². The molecule has 1 aromatic carbocycles. The van der Waals surface area contributed by atoms with Gasteiger partial charge >= 0.3 is 0 Å². The molecule has 26 heavy (non-hydrogen) atoms. The molecule has 2 aromatic heterocycles. The number of anilines is 1. The predicted octanol–water partition coefficient (Wildman–Crippen LogP) is 4.07. The van der Waals surface area contributed by atoms with Crippen LogP contribution in [-0.2, 0) is 11.3 Å². The summed E-state index contributed by atoms with van der Waals surface area (Å²) in [4.78, 5) is 12.8. The number of amides is 1. The molecule has 1 aliphatic carbocycles. The summed E-state index contributed by atoms with van der Waals surface area (Å²) < 4.78 is 7.19. The van der Waals surface area contributed by atoms with Gasteiger partial charge in [-0.15, -0.1) is 10.2 Å². The van der Waals surface area contributed by atoms with Crippen molar-refractivity contribution >= 4 is 23.4 Å². The van der Waals surface area contributed by atoms with Gasteiger partial charge in [0.25, 0.3) is 0 Å². The Labute approximate surface area is 156 Å². The summed E-state index contributed by atoms with van der Waals surface area (Å²) >= 11 is 1.50. The SMILES string of the molecule is CCn1c(SC(C(=O)Nc2ccccc2)C2CC2)nnc1-c1ccoc1. The molecule has 1 saturated carbocycles. The number of aromatic nitrogens is 3. The summed E-state index contributed by atoms with van der Waals surface area (Å²) in [5.74, 6) is 1.18. The van der Waals surface area contributed by atoms with Crippen LogP contribution < -0.4 is 5.32 Å². The summed E-state index contributed by atoms with van der Waals surface area (Å²) in [6.07, 6.45) is 5.44. The maximum atomic E-state index is 12.8. The minimum atomic E-state index is -0.165. The van der Waals surface area contributed by atoms with Crippen molar-refractivity contribution in [2.24, 2.45) is 5.92 Å². The lowest BCUT2D eigenvalue weighted by Gasteiger charge is -2.16. The van der Waals surface area contributed by atoms with E-state index in [0.29, 0.717) is 5.92 Å². The number of nitrogens with one attached hydrogen (secondary N) is 1. The highest BCUT2D eigenvalue weighted by molar-refractivity contribution is 8.00. The zero-order chi connectivity index (χ0) is 17.9. The highest BCUT2D eigenvalue weighted by Gasteiger charge is 2.38. The van der Waals surface area contributed by atoms with Crippen LogP contribution in [0, 0.1) is 5.92 Å². The predicted molar refractivity (Wildman–Crippen MR) is 101 cm³/mol. The van der Waals surface area contributed by atoms with Crippen LogP contribution in [-0.4, -0.2) is 25.9 Å². The maximum Gasteiger partial charge on any atom is 0.238 e. The molecular weight excluding hydrogens is 348 g/mol. The fourth-order valence-electron chi connectivity index (χ4n) is 2.88. The summed E-state index contributed by atoms with van der Waals surface area (Å²) in [6, 6.07) is 11.4. The standard InChI is InChI=1S/C19H20N4O2S/c1-2-23-17(14-10-11-25-12-14)21-22-19(23)26-16(13-8-9-13)18(24)20-15-6-4-3-5-7-15/h3-7,10-13,16H,2,8-9H2,1H3,(H,20,24).